The van der Waals surface area contributed by atoms with Gasteiger partial charge >= 0.3 is 6.36 Å². The van der Waals surface area contributed by atoms with Crippen molar-refractivity contribution in [2.45, 2.75) is 24.3 Å². The van der Waals surface area contributed by atoms with Gasteiger partial charge in [-0.2, -0.15) is 0 Å². The van der Waals surface area contributed by atoms with Crippen LogP contribution in [-0.2, 0) is 27.9 Å². The van der Waals surface area contributed by atoms with E-state index in [-0.39, 0.29) is 29.3 Å². The number of nitrogens with one attached hydrogen (secondary N) is 1. The van der Waals surface area contributed by atoms with E-state index in [1.165, 1.54) is 72.8 Å². The molecule has 34 heavy (non-hydrogen) atoms. The molecule has 180 valence electrons. The Bertz CT molecular complexity index is 1240. The first-order valence-electron chi connectivity index (χ1n) is 9.92. The van der Waals surface area contributed by atoms with E-state index in [2.05, 4.69) is 9.46 Å². The van der Waals surface area contributed by atoms with Gasteiger partial charge in [-0.05, 0) is 42.0 Å². The molecular formula is C23H21F3N2O5S. The number of hydrogen-bond donors (Lipinski definition) is 1. The second-order valence-electron chi connectivity index (χ2n) is 7.16. The topological polar surface area (TPSA) is 88.8 Å². The van der Waals surface area contributed by atoms with Gasteiger partial charge in [-0.25, -0.2) is 13.1 Å². The third-order valence-electron chi connectivity index (χ3n) is 4.61. The van der Waals surface area contributed by atoms with Crippen molar-refractivity contribution in [3.8, 4) is 5.75 Å². The van der Waals surface area contributed by atoms with Crippen molar-refractivity contribution in [2.24, 2.45) is 0 Å². The molecule has 1 heterocycles. The molecule has 1 amide bonds. The number of rotatable bonds is 9. The molecule has 0 unspecified atom stereocenters. The Hall–Kier alpha value is -3.57. The molecule has 0 aliphatic rings. The molecule has 11 heteroatoms. The Labute approximate surface area is 194 Å². The van der Waals surface area contributed by atoms with E-state index in [0.717, 1.165) is 0 Å². The van der Waals surface area contributed by atoms with Crippen LogP contribution in [0.3, 0.4) is 0 Å². The number of carbonyl (C=O) groups is 1. The van der Waals surface area contributed by atoms with Gasteiger partial charge < -0.3 is 14.1 Å². The standard InChI is InChI=1S/C23H21F3N2O5S/c1-28(16-18-5-2-3-7-21(18)33-23(24,25)26)22(29)13-10-17-8-11-20(12-9-17)34(30,31)27-15-19-6-4-14-32-19/h2-14,27H,15-16H2,1H3/b13-10+. The summed E-state index contributed by atoms with van der Waals surface area (Å²) in [4.78, 5) is 13.7. The van der Waals surface area contributed by atoms with Crippen LogP contribution in [0.4, 0.5) is 13.2 Å². The summed E-state index contributed by atoms with van der Waals surface area (Å²) in [5, 5.41) is 0. The van der Waals surface area contributed by atoms with Gasteiger partial charge in [-0.15, -0.1) is 13.2 Å². The Morgan fingerprint density at radius 1 is 1.09 bits per heavy atom. The quantitative estimate of drug-likeness (QED) is 0.448. The Kier molecular flexibility index (Phi) is 7.79. The van der Waals surface area contributed by atoms with E-state index >= 15 is 0 Å². The van der Waals surface area contributed by atoms with Crippen LogP contribution in [0.25, 0.3) is 6.08 Å². The molecule has 0 saturated heterocycles. The fraction of sp³-hybridized carbons (Fsp3) is 0.174. The number of hydrogen-bond acceptors (Lipinski definition) is 5. The van der Waals surface area contributed by atoms with Crippen LogP contribution in [-0.4, -0.2) is 32.6 Å². The maximum Gasteiger partial charge on any atom is 0.573 e. The Morgan fingerprint density at radius 3 is 2.44 bits per heavy atom. The van der Waals surface area contributed by atoms with E-state index in [0.29, 0.717) is 11.3 Å². The predicted molar refractivity (Wildman–Crippen MR) is 118 cm³/mol. The number of para-hydroxylation sites is 1. The minimum absolute atomic E-state index is 0.00889. The normalized spacial score (nSPS) is 12.1. The van der Waals surface area contributed by atoms with Gasteiger partial charge in [0.2, 0.25) is 15.9 Å². The SMILES string of the molecule is CN(Cc1ccccc1OC(F)(F)F)C(=O)/C=C/c1ccc(S(=O)(=O)NCc2ccco2)cc1. The van der Waals surface area contributed by atoms with E-state index in [9.17, 15) is 26.4 Å². The van der Waals surface area contributed by atoms with Crippen molar-refractivity contribution in [3.63, 3.8) is 0 Å². The molecule has 1 N–H and O–H groups in total. The predicted octanol–water partition coefficient (Wildman–Crippen LogP) is 4.33. The van der Waals surface area contributed by atoms with Crippen LogP contribution in [0, 0.1) is 0 Å². The van der Waals surface area contributed by atoms with E-state index in [1.54, 1.807) is 18.2 Å². The number of nitrogens with zero attached hydrogens (tertiary/aromatic N) is 1. The fourth-order valence-corrected chi connectivity index (χ4v) is 3.90. The zero-order valence-electron chi connectivity index (χ0n) is 18.0. The van der Waals surface area contributed by atoms with Crippen LogP contribution in [0.5, 0.6) is 5.75 Å². The molecule has 3 aromatic rings. The summed E-state index contributed by atoms with van der Waals surface area (Å²) in [5.74, 6) is -0.368. The highest BCUT2D eigenvalue weighted by molar-refractivity contribution is 7.89. The number of ether oxygens (including phenoxy) is 1. The lowest BCUT2D eigenvalue weighted by molar-refractivity contribution is -0.275. The van der Waals surface area contributed by atoms with E-state index in [4.69, 9.17) is 4.42 Å². The number of amides is 1. The highest BCUT2D eigenvalue weighted by Gasteiger charge is 2.32. The molecule has 0 radical (unpaired) electrons. The van der Waals surface area contributed by atoms with Gasteiger partial charge in [0, 0.05) is 25.2 Å². The van der Waals surface area contributed by atoms with Gasteiger partial charge in [0.1, 0.15) is 11.5 Å². The molecule has 0 spiro atoms. The van der Waals surface area contributed by atoms with Crippen molar-refractivity contribution in [1.29, 1.82) is 0 Å². The molecule has 0 fully saturated rings. The first kappa shape index (κ1) is 25.1. The molecule has 1 aromatic heterocycles. The molecule has 3 rings (SSSR count). The van der Waals surface area contributed by atoms with Crippen molar-refractivity contribution in [3.05, 3.63) is 89.9 Å². The average molecular weight is 494 g/mol. The number of carbonyl (C=O) groups excluding carboxylic acids is 1. The van der Waals surface area contributed by atoms with Crippen LogP contribution in [0.2, 0.25) is 0 Å². The van der Waals surface area contributed by atoms with Crippen molar-refractivity contribution in [2.75, 3.05) is 7.05 Å². The molecule has 0 saturated carbocycles. The lowest BCUT2D eigenvalue weighted by Crippen LogP contribution is -2.25. The van der Waals surface area contributed by atoms with Gasteiger partial charge in [0.15, 0.2) is 0 Å². The first-order chi connectivity index (χ1) is 16.0. The average Bonchev–Trinajstić information content (AvgIpc) is 3.30. The number of benzene rings is 2. The summed E-state index contributed by atoms with van der Waals surface area (Å²) >= 11 is 0. The molecular weight excluding hydrogens is 473 g/mol. The highest BCUT2D eigenvalue weighted by Crippen LogP contribution is 2.27. The number of sulfonamides is 1. The van der Waals surface area contributed by atoms with Crippen molar-refractivity contribution in [1.82, 2.24) is 9.62 Å². The summed E-state index contributed by atoms with van der Waals surface area (Å²) in [6, 6.07) is 14.7. The fourth-order valence-electron chi connectivity index (χ4n) is 2.91. The largest absolute Gasteiger partial charge is 0.573 e. The van der Waals surface area contributed by atoms with E-state index in [1.807, 2.05) is 0 Å². The molecule has 0 aliphatic heterocycles. The summed E-state index contributed by atoms with van der Waals surface area (Å²) < 4.78 is 74.0. The lowest BCUT2D eigenvalue weighted by Gasteiger charge is -2.18. The van der Waals surface area contributed by atoms with Crippen LogP contribution >= 0.6 is 0 Å². The third kappa shape index (κ3) is 7.22. The van der Waals surface area contributed by atoms with Crippen LogP contribution < -0.4 is 9.46 Å². The maximum absolute atomic E-state index is 12.6. The molecule has 2 aromatic carbocycles. The van der Waals surface area contributed by atoms with Crippen LogP contribution in [0.1, 0.15) is 16.9 Å². The van der Waals surface area contributed by atoms with Gasteiger partial charge in [0.05, 0.1) is 17.7 Å². The van der Waals surface area contributed by atoms with Crippen molar-refractivity contribution >= 4 is 22.0 Å². The monoisotopic (exact) mass is 494 g/mol. The van der Waals surface area contributed by atoms with Gasteiger partial charge in [-0.3, -0.25) is 4.79 Å². The zero-order chi connectivity index (χ0) is 24.8. The van der Waals surface area contributed by atoms with Gasteiger partial charge in [0.25, 0.3) is 0 Å². The van der Waals surface area contributed by atoms with Crippen LogP contribution in [0.15, 0.2) is 82.3 Å². The second kappa shape index (κ2) is 10.6. The van der Waals surface area contributed by atoms with Crippen molar-refractivity contribution < 1.29 is 35.5 Å². The third-order valence-corrected chi connectivity index (χ3v) is 6.02. The summed E-state index contributed by atoms with van der Waals surface area (Å²) in [6.07, 6.45) is -0.680. The zero-order valence-corrected chi connectivity index (χ0v) is 18.8. The highest BCUT2D eigenvalue weighted by atomic mass is 32.2. The molecule has 0 bridgehead atoms. The Balaban J connectivity index is 1.60. The second-order valence-corrected chi connectivity index (χ2v) is 8.92. The number of furan rings is 1. The smallest absolute Gasteiger partial charge is 0.468 e. The Morgan fingerprint density at radius 2 is 1.79 bits per heavy atom. The molecule has 7 nitrogen and oxygen atoms in total. The minimum Gasteiger partial charge on any atom is -0.468 e. The number of halogens is 3. The summed E-state index contributed by atoms with van der Waals surface area (Å²) in [7, 11) is -2.31. The summed E-state index contributed by atoms with van der Waals surface area (Å²) in [6.45, 7) is -0.0943. The van der Waals surface area contributed by atoms with Gasteiger partial charge in [-0.1, -0.05) is 30.3 Å². The summed E-state index contributed by atoms with van der Waals surface area (Å²) in [5.41, 5.74) is 0.758. The first-order valence-corrected chi connectivity index (χ1v) is 11.4. The minimum atomic E-state index is -4.84. The number of alkyl halides is 3. The maximum atomic E-state index is 12.6. The molecule has 0 atom stereocenters. The lowest BCUT2D eigenvalue weighted by atomic mass is 10.2. The van der Waals surface area contributed by atoms with E-state index < -0.39 is 22.3 Å². The molecule has 0 aliphatic carbocycles. The number of likely N-dealkylation sites (N-methyl/N-ethyl adjacent to an activating group) is 1.